The van der Waals surface area contributed by atoms with E-state index in [-0.39, 0.29) is 12.0 Å². The van der Waals surface area contributed by atoms with Crippen molar-refractivity contribution < 1.29 is 9.32 Å². The molecule has 1 aromatic heterocycles. The van der Waals surface area contributed by atoms with E-state index in [9.17, 15) is 4.79 Å². The lowest BCUT2D eigenvalue weighted by Gasteiger charge is -2.12. The quantitative estimate of drug-likeness (QED) is 0.388. The Morgan fingerprint density at radius 1 is 1.03 bits per heavy atom. The summed E-state index contributed by atoms with van der Waals surface area (Å²) in [6, 6.07) is 23.3. The lowest BCUT2D eigenvalue weighted by atomic mass is 10.0. The molecule has 0 radical (unpaired) electrons. The Morgan fingerprint density at radius 3 is 2.53 bits per heavy atom. The summed E-state index contributed by atoms with van der Waals surface area (Å²) in [5.41, 5.74) is 8.72. The summed E-state index contributed by atoms with van der Waals surface area (Å²) < 4.78 is 5.26. The first-order valence-electron chi connectivity index (χ1n) is 9.68. The first-order valence-corrected chi connectivity index (χ1v) is 9.68. The topological polar surface area (TPSA) is 93.5 Å². The SMILES string of the molecule is Cc1onc(-c2ccccc2)c1C(=O)NC(N)=NC(C)c1cccc2ccccc12. The van der Waals surface area contributed by atoms with Crippen LogP contribution in [0.3, 0.4) is 0 Å². The van der Waals surface area contributed by atoms with Crippen molar-refractivity contribution >= 4 is 22.6 Å². The highest BCUT2D eigenvalue weighted by Gasteiger charge is 2.22. The molecule has 0 aliphatic rings. The largest absolute Gasteiger partial charge is 0.370 e. The second-order valence-electron chi connectivity index (χ2n) is 7.04. The molecule has 1 atom stereocenters. The van der Waals surface area contributed by atoms with Crippen molar-refractivity contribution in [1.29, 1.82) is 0 Å². The molecule has 0 bridgehead atoms. The van der Waals surface area contributed by atoms with Crippen molar-refractivity contribution in [2.45, 2.75) is 19.9 Å². The van der Waals surface area contributed by atoms with Gasteiger partial charge in [-0.05, 0) is 30.2 Å². The summed E-state index contributed by atoms with van der Waals surface area (Å²) >= 11 is 0. The predicted molar refractivity (Wildman–Crippen MR) is 118 cm³/mol. The Hall–Kier alpha value is -3.93. The number of nitrogens with one attached hydrogen (secondary N) is 1. The molecule has 4 aromatic rings. The van der Waals surface area contributed by atoms with E-state index in [1.807, 2.05) is 61.5 Å². The Labute approximate surface area is 174 Å². The van der Waals surface area contributed by atoms with Gasteiger partial charge in [0, 0.05) is 5.56 Å². The van der Waals surface area contributed by atoms with Crippen LogP contribution in [-0.2, 0) is 0 Å². The van der Waals surface area contributed by atoms with E-state index in [0.717, 1.165) is 21.9 Å². The van der Waals surface area contributed by atoms with Gasteiger partial charge in [-0.15, -0.1) is 0 Å². The fraction of sp³-hybridized carbons (Fsp3) is 0.125. The first-order chi connectivity index (χ1) is 14.5. The maximum atomic E-state index is 12.9. The number of aryl methyl sites for hydroxylation is 1. The summed E-state index contributed by atoms with van der Waals surface area (Å²) in [5.74, 6) is 0.0558. The lowest BCUT2D eigenvalue weighted by Crippen LogP contribution is -2.37. The summed E-state index contributed by atoms with van der Waals surface area (Å²) in [6.07, 6.45) is 0. The average Bonchev–Trinajstić information content (AvgIpc) is 3.15. The van der Waals surface area contributed by atoms with Crippen LogP contribution in [0.4, 0.5) is 0 Å². The highest BCUT2D eigenvalue weighted by molar-refractivity contribution is 6.09. The van der Waals surface area contributed by atoms with Crippen molar-refractivity contribution in [1.82, 2.24) is 10.5 Å². The van der Waals surface area contributed by atoms with Gasteiger partial charge in [-0.1, -0.05) is 78.0 Å². The smallest absolute Gasteiger partial charge is 0.263 e. The van der Waals surface area contributed by atoms with Gasteiger partial charge in [-0.2, -0.15) is 0 Å². The van der Waals surface area contributed by atoms with Gasteiger partial charge in [0.05, 0.1) is 6.04 Å². The van der Waals surface area contributed by atoms with Crippen LogP contribution < -0.4 is 11.1 Å². The number of rotatable bonds is 4. The molecule has 1 unspecified atom stereocenters. The number of nitrogens with two attached hydrogens (primary N) is 1. The lowest BCUT2D eigenvalue weighted by molar-refractivity contribution is 0.0975. The molecule has 150 valence electrons. The third-order valence-electron chi connectivity index (χ3n) is 4.98. The van der Waals surface area contributed by atoms with E-state index >= 15 is 0 Å². The molecule has 0 spiro atoms. The number of guanidine groups is 1. The second kappa shape index (κ2) is 8.21. The molecule has 30 heavy (non-hydrogen) atoms. The molecule has 6 heteroatoms. The van der Waals surface area contributed by atoms with Crippen molar-refractivity contribution in [3.05, 3.63) is 89.7 Å². The monoisotopic (exact) mass is 398 g/mol. The third-order valence-corrected chi connectivity index (χ3v) is 4.98. The van der Waals surface area contributed by atoms with Gasteiger partial charge in [0.1, 0.15) is 17.0 Å². The summed E-state index contributed by atoms with van der Waals surface area (Å²) in [5, 5.41) is 8.95. The molecule has 3 aromatic carbocycles. The minimum Gasteiger partial charge on any atom is -0.370 e. The Bertz CT molecular complexity index is 1220. The van der Waals surface area contributed by atoms with Crippen LogP contribution in [-0.4, -0.2) is 17.0 Å². The van der Waals surface area contributed by atoms with Gasteiger partial charge < -0.3 is 10.3 Å². The fourth-order valence-electron chi connectivity index (χ4n) is 3.54. The number of amides is 1. The molecule has 4 rings (SSSR count). The number of aromatic nitrogens is 1. The molecular weight excluding hydrogens is 376 g/mol. The standard InChI is InChI=1S/C24H22N4O2/c1-15(19-14-8-12-17-9-6-7-13-20(17)19)26-24(25)27-23(29)21-16(2)30-28-22(21)18-10-4-3-5-11-18/h3-15H,1-2H3,(H3,25,26,27,29). The minimum atomic E-state index is -0.404. The van der Waals surface area contributed by atoms with Crippen LogP contribution >= 0.6 is 0 Å². The van der Waals surface area contributed by atoms with E-state index < -0.39 is 5.91 Å². The van der Waals surface area contributed by atoms with Gasteiger partial charge in [0.2, 0.25) is 0 Å². The number of aliphatic imine (C=N–C) groups is 1. The molecule has 1 heterocycles. The normalized spacial score (nSPS) is 12.7. The van der Waals surface area contributed by atoms with Crippen LogP contribution in [0.25, 0.3) is 22.0 Å². The van der Waals surface area contributed by atoms with Crippen molar-refractivity contribution in [2.24, 2.45) is 10.7 Å². The van der Waals surface area contributed by atoms with E-state index in [0.29, 0.717) is 17.0 Å². The predicted octanol–water partition coefficient (Wildman–Crippen LogP) is 4.61. The number of fused-ring (bicyclic) bond motifs is 1. The van der Waals surface area contributed by atoms with Crippen LogP contribution in [0.1, 0.15) is 34.6 Å². The Kier molecular flexibility index (Phi) is 5.30. The van der Waals surface area contributed by atoms with Gasteiger partial charge >= 0.3 is 0 Å². The second-order valence-corrected chi connectivity index (χ2v) is 7.04. The number of hydrogen-bond acceptors (Lipinski definition) is 4. The van der Waals surface area contributed by atoms with E-state index in [1.165, 1.54) is 0 Å². The number of nitrogens with zero attached hydrogens (tertiary/aromatic N) is 2. The highest BCUT2D eigenvalue weighted by atomic mass is 16.5. The molecular formula is C24H22N4O2. The number of benzene rings is 3. The molecule has 0 aliphatic heterocycles. The molecule has 6 nitrogen and oxygen atoms in total. The van der Waals surface area contributed by atoms with Crippen molar-refractivity contribution in [3.8, 4) is 11.3 Å². The van der Waals surface area contributed by atoms with E-state index in [2.05, 4.69) is 33.7 Å². The Morgan fingerprint density at radius 2 is 1.73 bits per heavy atom. The molecule has 3 N–H and O–H groups in total. The average molecular weight is 398 g/mol. The van der Waals surface area contributed by atoms with E-state index in [4.69, 9.17) is 10.3 Å². The van der Waals surface area contributed by atoms with Crippen LogP contribution in [0, 0.1) is 6.92 Å². The number of carbonyl (C=O) groups excluding carboxylic acids is 1. The summed E-state index contributed by atoms with van der Waals surface area (Å²) in [4.78, 5) is 17.4. The van der Waals surface area contributed by atoms with Crippen LogP contribution in [0.5, 0.6) is 0 Å². The molecule has 1 amide bonds. The maximum Gasteiger partial charge on any atom is 0.263 e. The minimum absolute atomic E-state index is 0.0417. The fourth-order valence-corrected chi connectivity index (χ4v) is 3.54. The Balaban J connectivity index is 1.58. The zero-order valence-corrected chi connectivity index (χ0v) is 16.8. The molecule has 0 aliphatic carbocycles. The maximum absolute atomic E-state index is 12.9. The highest BCUT2D eigenvalue weighted by Crippen LogP contribution is 2.27. The van der Waals surface area contributed by atoms with Gasteiger partial charge in [0.15, 0.2) is 5.96 Å². The van der Waals surface area contributed by atoms with Gasteiger partial charge in [-0.25, -0.2) is 4.99 Å². The van der Waals surface area contributed by atoms with Gasteiger partial charge in [-0.3, -0.25) is 10.1 Å². The molecule has 0 saturated heterocycles. The number of hydrogen-bond donors (Lipinski definition) is 2. The zero-order chi connectivity index (χ0) is 21.1. The van der Waals surface area contributed by atoms with E-state index in [1.54, 1.807) is 6.92 Å². The summed E-state index contributed by atoms with van der Waals surface area (Å²) in [6.45, 7) is 3.64. The summed E-state index contributed by atoms with van der Waals surface area (Å²) in [7, 11) is 0. The van der Waals surface area contributed by atoms with Gasteiger partial charge in [0.25, 0.3) is 5.91 Å². The van der Waals surface area contributed by atoms with Crippen LogP contribution in [0.2, 0.25) is 0 Å². The van der Waals surface area contributed by atoms with Crippen LogP contribution in [0.15, 0.2) is 82.3 Å². The van der Waals surface area contributed by atoms with Crippen molar-refractivity contribution in [2.75, 3.05) is 0 Å². The molecule has 0 saturated carbocycles. The molecule has 0 fully saturated rings. The van der Waals surface area contributed by atoms with Crippen molar-refractivity contribution in [3.63, 3.8) is 0 Å². The third kappa shape index (κ3) is 3.80. The number of carbonyl (C=O) groups is 1. The zero-order valence-electron chi connectivity index (χ0n) is 16.8. The first kappa shape index (κ1) is 19.4.